The van der Waals surface area contributed by atoms with Crippen LogP contribution in [-0.2, 0) is 56.5 Å². The van der Waals surface area contributed by atoms with Crippen molar-refractivity contribution < 1.29 is 62.1 Å². The smallest absolute Gasteiger partial charge is 0.400 e. The standard InChI is InChI=1S/C27H26Cl6O14S2/c1-2-13-40-25-22(45-24(35)18-11-7-4-8-12-18)21(47-49(38,39)43-16-27(31,32)33)20(46-48(36,37)42-15-26(28,29)30)19(44-25)14-41-23(34)17-9-5-3-6-10-17/h2-12,19-22,25H,1,13-16H2/t19-,20-,21+,22-,25+/m1/s1. The molecule has 1 heterocycles. The Morgan fingerprint density at radius 2 is 1.20 bits per heavy atom. The summed E-state index contributed by atoms with van der Waals surface area (Å²) in [5.41, 5.74) is 0.0491. The van der Waals surface area contributed by atoms with Crippen molar-refractivity contribution in [3.8, 4) is 0 Å². The molecule has 272 valence electrons. The van der Waals surface area contributed by atoms with Gasteiger partial charge in [-0.25, -0.2) is 26.3 Å². The van der Waals surface area contributed by atoms with E-state index in [1.807, 2.05) is 0 Å². The van der Waals surface area contributed by atoms with E-state index in [0.29, 0.717) is 0 Å². The van der Waals surface area contributed by atoms with E-state index in [2.05, 4.69) is 14.9 Å². The van der Waals surface area contributed by atoms with Crippen molar-refractivity contribution in [3.05, 3.63) is 84.4 Å². The number of ether oxygens (including phenoxy) is 4. The molecule has 0 amide bonds. The zero-order valence-electron chi connectivity index (χ0n) is 24.6. The molecule has 49 heavy (non-hydrogen) atoms. The highest BCUT2D eigenvalue weighted by Crippen LogP contribution is 2.34. The third-order valence-corrected chi connectivity index (χ3v) is 8.19. The summed E-state index contributed by atoms with van der Waals surface area (Å²) < 4.78 is 89.6. The second-order valence-electron chi connectivity index (χ2n) is 9.56. The number of hydrogen-bond donors (Lipinski definition) is 0. The number of alkyl halides is 6. The van der Waals surface area contributed by atoms with Crippen LogP contribution in [0.2, 0.25) is 0 Å². The van der Waals surface area contributed by atoms with E-state index in [4.69, 9.17) is 96.9 Å². The van der Waals surface area contributed by atoms with Crippen LogP contribution in [0.1, 0.15) is 20.7 Å². The Labute approximate surface area is 311 Å². The summed E-state index contributed by atoms with van der Waals surface area (Å²) in [5.74, 6) is -1.98. The number of esters is 2. The van der Waals surface area contributed by atoms with Crippen LogP contribution in [0, 0.1) is 0 Å². The summed E-state index contributed by atoms with van der Waals surface area (Å²) in [6, 6.07) is 14.9. The van der Waals surface area contributed by atoms with Crippen molar-refractivity contribution in [2.75, 3.05) is 26.4 Å². The van der Waals surface area contributed by atoms with E-state index in [0.717, 1.165) is 0 Å². The number of carbonyl (C=O) groups is 2. The van der Waals surface area contributed by atoms with Crippen molar-refractivity contribution in [3.63, 3.8) is 0 Å². The molecular weight excluding hydrogens is 825 g/mol. The average molecular weight is 851 g/mol. The zero-order chi connectivity index (χ0) is 36.5. The van der Waals surface area contributed by atoms with Crippen LogP contribution < -0.4 is 0 Å². The molecule has 1 fully saturated rings. The maximum absolute atomic E-state index is 13.2. The fourth-order valence-electron chi connectivity index (χ4n) is 3.85. The molecule has 0 N–H and O–H groups in total. The molecule has 1 aliphatic heterocycles. The van der Waals surface area contributed by atoms with Crippen molar-refractivity contribution >= 4 is 102 Å². The fourth-order valence-corrected chi connectivity index (χ4v) is 6.31. The molecule has 14 nitrogen and oxygen atoms in total. The Morgan fingerprint density at radius 3 is 1.67 bits per heavy atom. The summed E-state index contributed by atoms with van der Waals surface area (Å²) in [7, 11) is -10.5. The summed E-state index contributed by atoms with van der Waals surface area (Å²) in [6.45, 7) is 0.245. The van der Waals surface area contributed by atoms with Gasteiger partial charge < -0.3 is 18.9 Å². The van der Waals surface area contributed by atoms with Gasteiger partial charge in [0.05, 0.1) is 17.7 Å². The van der Waals surface area contributed by atoms with Gasteiger partial charge in [-0.05, 0) is 24.3 Å². The summed E-state index contributed by atoms with van der Waals surface area (Å²) in [4.78, 5) is 26.0. The van der Waals surface area contributed by atoms with Crippen LogP contribution in [0.25, 0.3) is 0 Å². The molecule has 1 aliphatic rings. The van der Waals surface area contributed by atoms with Crippen LogP contribution in [-0.4, -0.2) is 93.5 Å². The lowest BCUT2D eigenvalue weighted by Gasteiger charge is -2.43. The summed E-state index contributed by atoms with van der Waals surface area (Å²) in [6.07, 6.45) is -8.69. The molecule has 5 atom stereocenters. The average Bonchev–Trinajstić information content (AvgIpc) is 3.03. The van der Waals surface area contributed by atoms with Crippen molar-refractivity contribution in [2.45, 2.75) is 38.3 Å². The Kier molecular flexibility index (Phi) is 15.7. The highest BCUT2D eigenvalue weighted by molar-refractivity contribution is 7.82. The van der Waals surface area contributed by atoms with E-state index >= 15 is 0 Å². The molecule has 0 radical (unpaired) electrons. The topological polar surface area (TPSA) is 176 Å². The molecule has 0 aliphatic carbocycles. The van der Waals surface area contributed by atoms with Gasteiger partial charge >= 0.3 is 32.7 Å². The molecule has 0 bridgehead atoms. The van der Waals surface area contributed by atoms with Gasteiger partial charge in [0.15, 0.2) is 18.5 Å². The highest BCUT2D eigenvalue weighted by Gasteiger charge is 2.54. The normalized spacial score (nSPS) is 21.9. The first-order valence-corrected chi connectivity index (χ1v) is 18.4. The number of rotatable bonds is 16. The third kappa shape index (κ3) is 14.6. The van der Waals surface area contributed by atoms with Gasteiger partial charge in [-0.15, -0.1) is 6.58 Å². The Morgan fingerprint density at radius 1 is 0.735 bits per heavy atom. The zero-order valence-corrected chi connectivity index (χ0v) is 30.7. The van der Waals surface area contributed by atoms with Crippen LogP contribution >= 0.6 is 69.6 Å². The van der Waals surface area contributed by atoms with Crippen molar-refractivity contribution in [2.24, 2.45) is 0 Å². The molecule has 0 unspecified atom stereocenters. The van der Waals surface area contributed by atoms with Gasteiger partial charge in [0.25, 0.3) is 0 Å². The van der Waals surface area contributed by atoms with E-state index in [1.54, 1.807) is 24.3 Å². The molecule has 2 aromatic carbocycles. The molecule has 0 aromatic heterocycles. The second-order valence-corrected chi connectivity index (χ2v) is 17.1. The quantitative estimate of drug-likeness (QED) is 0.125. The molecule has 0 saturated carbocycles. The SMILES string of the molecule is C=CCO[C@H]1O[C@H](COC(=O)c2ccccc2)[C@@H](OS(=O)(=O)OCC(Cl)(Cl)Cl)[C@H](OS(=O)(=O)OCC(Cl)(Cl)Cl)[C@H]1OC(=O)c1ccccc1. The van der Waals surface area contributed by atoms with Gasteiger partial charge in [0, 0.05) is 0 Å². The number of hydrogen-bond acceptors (Lipinski definition) is 14. The largest absolute Gasteiger partial charge is 0.459 e. The van der Waals surface area contributed by atoms with Crippen LogP contribution in [0.5, 0.6) is 0 Å². The number of benzene rings is 2. The Hall–Kier alpha value is -1.48. The van der Waals surface area contributed by atoms with Crippen molar-refractivity contribution in [1.29, 1.82) is 0 Å². The van der Waals surface area contributed by atoms with E-state index in [1.165, 1.54) is 42.5 Å². The minimum Gasteiger partial charge on any atom is -0.459 e. The maximum Gasteiger partial charge on any atom is 0.400 e. The van der Waals surface area contributed by atoms with Gasteiger partial charge in [-0.2, -0.15) is 16.8 Å². The van der Waals surface area contributed by atoms with E-state index in [9.17, 15) is 26.4 Å². The number of carbonyl (C=O) groups excluding carboxylic acids is 2. The maximum atomic E-state index is 13.2. The van der Waals surface area contributed by atoms with Crippen LogP contribution in [0.3, 0.4) is 0 Å². The summed E-state index contributed by atoms with van der Waals surface area (Å²) in [5, 5.41) is 0. The minimum absolute atomic E-state index is 0.0333. The lowest BCUT2D eigenvalue weighted by Crippen LogP contribution is -2.63. The molecule has 3 rings (SSSR count). The molecular formula is C27H26Cl6O14S2. The van der Waals surface area contributed by atoms with Gasteiger partial charge in [-0.3, -0.25) is 0 Å². The molecule has 22 heteroatoms. The minimum atomic E-state index is -5.28. The summed E-state index contributed by atoms with van der Waals surface area (Å²) >= 11 is 33.7. The van der Waals surface area contributed by atoms with Gasteiger partial charge in [-0.1, -0.05) is 112 Å². The van der Waals surface area contributed by atoms with E-state index in [-0.39, 0.29) is 17.7 Å². The van der Waals surface area contributed by atoms with Crippen LogP contribution in [0.15, 0.2) is 73.3 Å². The lowest BCUT2D eigenvalue weighted by molar-refractivity contribution is -0.289. The molecule has 0 spiro atoms. The first kappa shape index (κ1) is 41.9. The first-order chi connectivity index (χ1) is 22.8. The number of halogens is 6. The molecule has 1 saturated heterocycles. The third-order valence-electron chi connectivity index (χ3n) is 5.80. The first-order valence-electron chi connectivity index (χ1n) is 13.4. The van der Waals surface area contributed by atoms with Crippen LogP contribution in [0.4, 0.5) is 0 Å². The van der Waals surface area contributed by atoms with Gasteiger partial charge in [0.1, 0.15) is 32.0 Å². The monoisotopic (exact) mass is 848 g/mol. The van der Waals surface area contributed by atoms with Gasteiger partial charge in [0.2, 0.25) is 7.59 Å². The fraction of sp³-hybridized carbons (Fsp3) is 0.407. The Bertz CT molecular complexity index is 1620. The second kappa shape index (κ2) is 18.3. The predicted octanol–water partition coefficient (Wildman–Crippen LogP) is 5.03. The van der Waals surface area contributed by atoms with E-state index < -0.39 is 90.8 Å². The Balaban J connectivity index is 2.11. The van der Waals surface area contributed by atoms with Crippen molar-refractivity contribution in [1.82, 2.24) is 0 Å². The highest BCUT2D eigenvalue weighted by atomic mass is 35.6. The predicted molar refractivity (Wildman–Crippen MR) is 177 cm³/mol. The molecule has 2 aromatic rings. The lowest BCUT2D eigenvalue weighted by atomic mass is 9.99.